The highest BCUT2D eigenvalue weighted by atomic mass is 16.6. The number of methoxy groups -OCH3 is 1. The average molecular weight is 421 g/mol. The largest absolute Gasteiger partial charge is 0.453 e. The standard InChI is InChI=1S/C23H23N3O5/c1-15-9-11-18(12-10-15)20-19(14-26(25-20)13-17-7-5-4-6-8-17)22(28)31-16(2)21(27)24-23(29)30-3/h4-12,14,16H,13H2,1-3H3,(H,24,27,29)/t16-/m0/s1. The summed E-state index contributed by atoms with van der Waals surface area (Å²) in [6.07, 6.45) is -0.533. The van der Waals surface area contributed by atoms with E-state index in [0.29, 0.717) is 12.2 Å². The molecule has 1 aromatic heterocycles. The normalized spacial score (nSPS) is 11.5. The monoisotopic (exact) mass is 421 g/mol. The molecule has 3 rings (SSSR count). The number of alkyl carbamates (subject to hydrolysis) is 1. The number of amides is 2. The Hall–Kier alpha value is -3.94. The molecule has 3 aromatic rings. The van der Waals surface area contributed by atoms with Crippen molar-refractivity contribution in [3.63, 3.8) is 0 Å². The number of nitrogens with one attached hydrogen (secondary N) is 1. The van der Waals surface area contributed by atoms with E-state index in [4.69, 9.17) is 4.74 Å². The van der Waals surface area contributed by atoms with Gasteiger partial charge in [-0.25, -0.2) is 9.59 Å². The molecule has 0 aliphatic heterocycles. The lowest BCUT2D eigenvalue weighted by Crippen LogP contribution is -2.39. The lowest BCUT2D eigenvalue weighted by molar-refractivity contribution is -0.128. The number of nitrogens with zero attached hydrogens (tertiary/aromatic N) is 2. The van der Waals surface area contributed by atoms with Crippen molar-refractivity contribution in [1.82, 2.24) is 15.1 Å². The van der Waals surface area contributed by atoms with Gasteiger partial charge < -0.3 is 9.47 Å². The van der Waals surface area contributed by atoms with Gasteiger partial charge in [-0.05, 0) is 19.4 Å². The number of imide groups is 1. The summed E-state index contributed by atoms with van der Waals surface area (Å²) < 4.78 is 11.3. The molecule has 0 aliphatic carbocycles. The molecule has 2 aromatic carbocycles. The molecule has 0 bridgehead atoms. The highest BCUT2D eigenvalue weighted by Gasteiger charge is 2.25. The van der Waals surface area contributed by atoms with Crippen molar-refractivity contribution >= 4 is 18.0 Å². The van der Waals surface area contributed by atoms with Crippen LogP contribution in [0.2, 0.25) is 0 Å². The minimum atomic E-state index is -1.20. The van der Waals surface area contributed by atoms with Gasteiger partial charge in [0.25, 0.3) is 5.91 Å². The first-order chi connectivity index (χ1) is 14.9. The molecule has 1 atom stereocenters. The second-order valence-electron chi connectivity index (χ2n) is 6.97. The number of esters is 1. The van der Waals surface area contributed by atoms with Gasteiger partial charge in [0, 0.05) is 11.8 Å². The zero-order chi connectivity index (χ0) is 22.4. The van der Waals surface area contributed by atoms with E-state index in [9.17, 15) is 14.4 Å². The molecule has 0 spiro atoms. The Bertz CT molecular complexity index is 1070. The van der Waals surface area contributed by atoms with E-state index in [-0.39, 0.29) is 5.56 Å². The minimum absolute atomic E-state index is 0.220. The van der Waals surface area contributed by atoms with Gasteiger partial charge in [-0.2, -0.15) is 5.10 Å². The fraction of sp³-hybridized carbons (Fsp3) is 0.217. The summed E-state index contributed by atoms with van der Waals surface area (Å²) in [6.45, 7) is 3.80. The smallest absolute Gasteiger partial charge is 0.413 e. The summed E-state index contributed by atoms with van der Waals surface area (Å²) in [5, 5.41) is 6.56. The molecule has 8 heteroatoms. The van der Waals surface area contributed by atoms with E-state index >= 15 is 0 Å². The van der Waals surface area contributed by atoms with Gasteiger partial charge in [-0.1, -0.05) is 60.2 Å². The lowest BCUT2D eigenvalue weighted by Gasteiger charge is -2.12. The van der Waals surface area contributed by atoms with Gasteiger partial charge in [0.15, 0.2) is 6.10 Å². The van der Waals surface area contributed by atoms with Gasteiger partial charge in [0.1, 0.15) is 11.3 Å². The van der Waals surface area contributed by atoms with Crippen molar-refractivity contribution in [2.45, 2.75) is 26.5 Å². The van der Waals surface area contributed by atoms with Crippen molar-refractivity contribution in [2.75, 3.05) is 7.11 Å². The molecular formula is C23H23N3O5. The van der Waals surface area contributed by atoms with E-state index in [1.54, 1.807) is 10.9 Å². The number of benzene rings is 2. The quantitative estimate of drug-likeness (QED) is 0.613. The first-order valence-electron chi connectivity index (χ1n) is 9.65. The molecule has 0 saturated heterocycles. The predicted molar refractivity (Wildman–Crippen MR) is 113 cm³/mol. The SMILES string of the molecule is COC(=O)NC(=O)[C@H](C)OC(=O)c1cn(Cc2ccccc2)nc1-c1ccc(C)cc1. The summed E-state index contributed by atoms with van der Waals surface area (Å²) in [5.41, 5.74) is 3.51. The number of hydrogen-bond acceptors (Lipinski definition) is 6. The van der Waals surface area contributed by atoms with Crippen molar-refractivity contribution in [2.24, 2.45) is 0 Å². The molecule has 0 aliphatic rings. The Labute approximate surface area is 179 Å². The van der Waals surface area contributed by atoms with E-state index in [1.165, 1.54) is 6.92 Å². The summed E-state index contributed by atoms with van der Waals surface area (Å²) in [6, 6.07) is 17.3. The van der Waals surface area contributed by atoms with E-state index < -0.39 is 24.1 Å². The number of hydrogen-bond donors (Lipinski definition) is 1. The Morgan fingerprint density at radius 2 is 1.74 bits per heavy atom. The van der Waals surface area contributed by atoms with Crippen molar-refractivity contribution in [3.8, 4) is 11.3 Å². The van der Waals surface area contributed by atoms with Crippen molar-refractivity contribution < 1.29 is 23.9 Å². The number of carbonyl (C=O) groups is 3. The topological polar surface area (TPSA) is 99.5 Å². The maximum Gasteiger partial charge on any atom is 0.413 e. The average Bonchev–Trinajstić information content (AvgIpc) is 3.18. The van der Waals surface area contributed by atoms with Crippen LogP contribution in [-0.4, -0.2) is 41.0 Å². The minimum Gasteiger partial charge on any atom is -0.453 e. The van der Waals surface area contributed by atoms with Gasteiger partial charge in [0.2, 0.25) is 0 Å². The summed E-state index contributed by atoms with van der Waals surface area (Å²) in [7, 11) is 1.13. The number of aryl methyl sites for hydroxylation is 1. The van der Waals surface area contributed by atoms with Crippen LogP contribution in [-0.2, 0) is 20.8 Å². The molecule has 8 nitrogen and oxygen atoms in total. The first kappa shape index (κ1) is 21.8. The maximum absolute atomic E-state index is 12.9. The predicted octanol–water partition coefficient (Wildman–Crippen LogP) is 3.33. The number of aromatic nitrogens is 2. The van der Waals surface area contributed by atoms with Crippen LogP contribution in [0.3, 0.4) is 0 Å². The van der Waals surface area contributed by atoms with Crippen LogP contribution in [0.1, 0.15) is 28.4 Å². The molecule has 1 N–H and O–H groups in total. The molecule has 0 saturated carbocycles. The lowest BCUT2D eigenvalue weighted by atomic mass is 10.1. The van der Waals surface area contributed by atoms with Crippen LogP contribution in [0.5, 0.6) is 0 Å². The van der Waals surface area contributed by atoms with Crippen LogP contribution in [0.4, 0.5) is 4.79 Å². The van der Waals surface area contributed by atoms with Crippen LogP contribution in [0, 0.1) is 6.92 Å². The second-order valence-corrected chi connectivity index (χ2v) is 6.97. The van der Waals surface area contributed by atoms with Gasteiger partial charge in [-0.3, -0.25) is 14.8 Å². The van der Waals surface area contributed by atoms with Crippen LogP contribution in [0.25, 0.3) is 11.3 Å². The highest BCUT2D eigenvalue weighted by Crippen LogP contribution is 2.24. The first-order valence-corrected chi connectivity index (χ1v) is 9.65. The molecule has 0 fully saturated rings. The molecule has 160 valence electrons. The van der Waals surface area contributed by atoms with Crippen LogP contribution in [0.15, 0.2) is 60.8 Å². The third-order valence-corrected chi connectivity index (χ3v) is 4.56. The number of carbonyl (C=O) groups excluding carboxylic acids is 3. The fourth-order valence-electron chi connectivity index (χ4n) is 2.88. The second kappa shape index (κ2) is 9.71. The summed E-state index contributed by atoms with van der Waals surface area (Å²) in [5.74, 6) is -1.50. The van der Waals surface area contributed by atoms with E-state index in [0.717, 1.165) is 23.8 Å². The molecule has 0 unspecified atom stereocenters. The third kappa shape index (κ3) is 5.57. The van der Waals surface area contributed by atoms with Crippen LogP contribution >= 0.6 is 0 Å². The summed E-state index contributed by atoms with van der Waals surface area (Å²) >= 11 is 0. The molecule has 1 heterocycles. The van der Waals surface area contributed by atoms with E-state index in [2.05, 4.69) is 9.84 Å². The molecular weight excluding hydrogens is 398 g/mol. The zero-order valence-corrected chi connectivity index (χ0v) is 17.5. The van der Waals surface area contributed by atoms with E-state index in [1.807, 2.05) is 66.8 Å². The van der Waals surface area contributed by atoms with Gasteiger partial charge in [0.05, 0.1) is 13.7 Å². The summed E-state index contributed by atoms with van der Waals surface area (Å²) in [4.78, 5) is 36.1. The Kier molecular flexibility index (Phi) is 6.81. The Morgan fingerprint density at radius 3 is 2.39 bits per heavy atom. The highest BCUT2D eigenvalue weighted by molar-refractivity contribution is 5.99. The number of ether oxygens (including phenoxy) is 2. The number of rotatable bonds is 6. The fourth-order valence-corrected chi connectivity index (χ4v) is 2.88. The Balaban J connectivity index is 1.87. The molecule has 0 radical (unpaired) electrons. The molecule has 31 heavy (non-hydrogen) atoms. The molecule has 2 amide bonds. The van der Waals surface area contributed by atoms with Crippen molar-refractivity contribution in [1.29, 1.82) is 0 Å². The Morgan fingerprint density at radius 1 is 1.06 bits per heavy atom. The van der Waals surface area contributed by atoms with Gasteiger partial charge in [-0.15, -0.1) is 0 Å². The zero-order valence-electron chi connectivity index (χ0n) is 17.5. The van der Waals surface area contributed by atoms with Crippen LogP contribution < -0.4 is 5.32 Å². The third-order valence-electron chi connectivity index (χ3n) is 4.56. The maximum atomic E-state index is 12.9. The van der Waals surface area contributed by atoms with Crippen molar-refractivity contribution in [3.05, 3.63) is 77.5 Å². The van der Waals surface area contributed by atoms with Gasteiger partial charge >= 0.3 is 12.1 Å².